The number of hydrogen-bond donors (Lipinski definition) is 0. The van der Waals surface area contributed by atoms with Crippen molar-refractivity contribution in [1.82, 2.24) is 0 Å². The monoisotopic (exact) mass is 340 g/mol. The molecule has 0 fully saturated rings. The van der Waals surface area contributed by atoms with E-state index < -0.39 is 0 Å². The summed E-state index contributed by atoms with van der Waals surface area (Å²) in [6.07, 6.45) is 0.959. The number of hydrogen-bond acceptors (Lipinski definition) is 0. The van der Waals surface area contributed by atoms with Crippen LogP contribution in [0.1, 0.15) is 47.2 Å². The smallest absolute Gasteiger partial charge is 0.0215 e. The Balaban J connectivity index is 2.12. The van der Waals surface area contributed by atoms with Gasteiger partial charge in [-0.1, -0.05) is 103 Å². The zero-order valence-electron chi connectivity index (χ0n) is 16.3. The van der Waals surface area contributed by atoms with Crippen LogP contribution in [0.3, 0.4) is 0 Å². The minimum Gasteiger partial charge on any atom is -0.0955 e. The third kappa shape index (κ3) is 3.80. The van der Waals surface area contributed by atoms with Gasteiger partial charge in [-0.05, 0) is 49.4 Å². The van der Waals surface area contributed by atoms with Crippen LogP contribution in [0.25, 0.3) is 5.57 Å². The van der Waals surface area contributed by atoms with E-state index in [2.05, 4.69) is 107 Å². The highest BCUT2D eigenvalue weighted by atomic mass is 14.3. The van der Waals surface area contributed by atoms with Crippen molar-refractivity contribution < 1.29 is 0 Å². The number of benzene rings is 3. The Hall–Kier alpha value is -2.60. The van der Waals surface area contributed by atoms with Crippen molar-refractivity contribution in [2.24, 2.45) is 0 Å². The molecular formula is C26H28. The van der Waals surface area contributed by atoms with Gasteiger partial charge in [-0.3, -0.25) is 0 Å². The Labute approximate surface area is 158 Å². The molecule has 0 nitrogen and oxygen atoms in total. The fourth-order valence-electron chi connectivity index (χ4n) is 3.70. The average Bonchev–Trinajstić information content (AvgIpc) is 2.62. The molecule has 0 aromatic heterocycles. The first-order chi connectivity index (χ1) is 12.4. The van der Waals surface area contributed by atoms with E-state index in [0.29, 0.717) is 0 Å². The molecular weight excluding hydrogens is 312 g/mol. The SMILES string of the molecule is C=C(C)c1cccc(CC(C)(c2cccc(C)c2)c2cccc(C)c2)c1. The van der Waals surface area contributed by atoms with Gasteiger partial charge in [-0.15, -0.1) is 0 Å². The Kier molecular flexibility index (Phi) is 5.13. The summed E-state index contributed by atoms with van der Waals surface area (Å²) >= 11 is 0. The van der Waals surface area contributed by atoms with Gasteiger partial charge in [0.15, 0.2) is 0 Å². The summed E-state index contributed by atoms with van der Waals surface area (Å²) in [5.41, 5.74) is 8.93. The van der Waals surface area contributed by atoms with E-state index in [-0.39, 0.29) is 5.41 Å². The van der Waals surface area contributed by atoms with Crippen molar-refractivity contribution >= 4 is 5.57 Å². The molecule has 3 aromatic carbocycles. The zero-order chi connectivity index (χ0) is 18.7. The van der Waals surface area contributed by atoms with E-state index in [4.69, 9.17) is 0 Å². The van der Waals surface area contributed by atoms with Gasteiger partial charge >= 0.3 is 0 Å². The van der Waals surface area contributed by atoms with Gasteiger partial charge in [0.05, 0.1) is 0 Å². The molecule has 0 N–H and O–H groups in total. The highest BCUT2D eigenvalue weighted by Gasteiger charge is 2.29. The quantitative estimate of drug-likeness (QED) is 0.474. The molecule has 0 bridgehead atoms. The average molecular weight is 341 g/mol. The third-order valence-corrected chi connectivity index (χ3v) is 5.29. The molecule has 0 heterocycles. The van der Waals surface area contributed by atoms with Crippen molar-refractivity contribution in [2.45, 2.75) is 39.5 Å². The van der Waals surface area contributed by atoms with E-state index in [1.807, 2.05) is 0 Å². The fourth-order valence-corrected chi connectivity index (χ4v) is 3.70. The maximum Gasteiger partial charge on any atom is 0.0215 e. The lowest BCUT2D eigenvalue weighted by Gasteiger charge is -2.32. The molecule has 0 atom stereocenters. The molecule has 0 unspecified atom stereocenters. The third-order valence-electron chi connectivity index (χ3n) is 5.29. The molecule has 0 aliphatic rings. The second-order valence-corrected chi connectivity index (χ2v) is 7.73. The second-order valence-electron chi connectivity index (χ2n) is 7.73. The van der Waals surface area contributed by atoms with Gasteiger partial charge < -0.3 is 0 Å². The van der Waals surface area contributed by atoms with Crippen LogP contribution < -0.4 is 0 Å². The normalized spacial score (nSPS) is 11.4. The van der Waals surface area contributed by atoms with Crippen LogP contribution in [0.5, 0.6) is 0 Å². The van der Waals surface area contributed by atoms with Crippen LogP contribution in [-0.2, 0) is 11.8 Å². The van der Waals surface area contributed by atoms with Gasteiger partial charge in [-0.25, -0.2) is 0 Å². The molecule has 0 aliphatic carbocycles. The molecule has 0 amide bonds. The van der Waals surface area contributed by atoms with Gasteiger partial charge in [0, 0.05) is 5.41 Å². The van der Waals surface area contributed by atoms with Gasteiger partial charge in [0.1, 0.15) is 0 Å². The van der Waals surface area contributed by atoms with Crippen LogP contribution in [0.4, 0.5) is 0 Å². The van der Waals surface area contributed by atoms with Gasteiger partial charge in [0.25, 0.3) is 0 Å². The summed E-state index contributed by atoms with van der Waals surface area (Å²) in [5, 5.41) is 0. The molecule has 0 heteroatoms. The molecule has 0 spiro atoms. The Bertz CT molecular complexity index is 885. The topological polar surface area (TPSA) is 0 Å². The maximum atomic E-state index is 4.10. The first kappa shape index (κ1) is 18.2. The number of aryl methyl sites for hydroxylation is 2. The fraction of sp³-hybridized carbons (Fsp3) is 0.231. The van der Waals surface area contributed by atoms with Crippen molar-refractivity contribution in [2.75, 3.05) is 0 Å². The summed E-state index contributed by atoms with van der Waals surface area (Å²) in [7, 11) is 0. The predicted molar refractivity (Wildman–Crippen MR) is 114 cm³/mol. The molecule has 3 rings (SSSR count). The lowest BCUT2D eigenvalue weighted by molar-refractivity contribution is 0.566. The van der Waals surface area contributed by atoms with Crippen LogP contribution in [0.15, 0.2) is 79.4 Å². The van der Waals surface area contributed by atoms with Crippen molar-refractivity contribution in [3.8, 4) is 0 Å². The lowest BCUT2D eigenvalue weighted by atomic mass is 9.71. The van der Waals surface area contributed by atoms with E-state index >= 15 is 0 Å². The minimum absolute atomic E-state index is 0.0776. The van der Waals surface area contributed by atoms with E-state index in [0.717, 1.165) is 12.0 Å². The lowest BCUT2D eigenvalue weighted by Crippen LogP contribution is -2.27. The second kappa shape index (κ2) is 7.33. The van der Waals surface area contributed by atoms with E-state index in [9.17, 15) is 0 Å². The van der Waals surface area contributed by atoms with Gasteiger partial charge in [0.2, 0.25) is 0 Å². The molecule has 26 heavy (non-hydrogen) atoms. The summed E-state index contributed by atoms with van der Waals surface area (Å²) in [6, 6.07) is 26.7. The number of allylic oxidation sites excluding steroid dienone is 1. The van der Waals surface area contributed by atoms with E-state index in [1.54, 1.807) is 0 Å². The summed E-state index contributed by atoms with van der Waals surface area (Å²) < 4.78 is 0. The molecule has 0 saturated heterocycles. The van der Waals surface area contributed by atoms with Crippen LogP contribution in [0.2, 0.25) is 0 Å². The minimum atomic E-state index is -0.0776. The molecule has 0 saturated carbocycles. The molecule has 132 valence electrons. The summed E-state index contributed by atoms with van der Waals surface area (Å²) in [6.45, 7) is 12.9. The largest absolute Gasteiger partial charge is 0.0955 e. The summed E-state index contributed by atoms with van der Waals surface area (Å²) in [4.78, 5) is 0. The van der Waals surface area contributed by atoms with Crippen molar-refractivity contribution in [1.29, 1.82) is 0 Å². The van der Waals surface area contributed by atoms with E-state index in [1.165, 1.54) is 33.4 Å². The first-order valence-electron chi connectivity index (χ1n) is 9.27. The highest BCUT2D eigenvalue weighted by molar-refractivity contribution is 5.62. The van der Waals surface area contributed by atoms with Crippen LogP contribution >= 0.6 is 0 Å². The van der Waals surface area contributed by atoms with Crippen LogP contribution in [0, 0.1) is 13.8 Å². The standard InChI is InChI=1S/C26H28/c1-19(2)23-12-8-11-22(17-23)18-26(5,24-13-6-9-20(3)15-24)25-14-7-10-21(4)16-25/h6-17H,1,18H2,2-5H3. The first-order valence-corrected chi connectivity index (χ1v) is 9.27. The van der Waals surface area contributed by atoms with Crippen molar-refractivity contribution in [3.63, 3.8) is 0 Å². The molecule has 3 aromatic rings. The highest BCUT2D eigenvalue weighted by Crippen LogP contribution is 2.36. The van der Waals surface area contributed by atoms with Crippen LogP contribution in [-0.4, -0.2) is 0 Å². The number of rotatable bonds is 5. The Morgan fingerprint density at radius 1 is 0.808 bits per heavy atom. The molecule has 0 aliphatic heterocycles. The maximum absolute atomic E-state index is 4.10. The molecule has 0 radical (unpaired) electrons. The van der Waals surface area contributed by atoms with Crippen molar-refractivity contribution in [3.05, 3.63) is 113 Å². The zero-order valence-corrected chi connectivity index (χ0v) is 16.3. The Morgan fingerprint density at radius 2 is 1.35 bits per heavy atom. The van der Waals surface area contributed by atoms with Gasteiger partial charge in [-0.2, -0.15) is 0 Å². The predicted octanol–water partition coefficient (Wildman–Crippen LogP) is 6.89. The Morgan fingerprint density at radius 3 is 1.85 bits per heavy atom. The summed E-state index contributed by atoms with van der Waals surface area (Å²) in [5.74, 6) is 0.